The van der Waals surface area contributed by atoms with Gasteiger partial charge in [0.25, 0.3) is 0 Å². The Morgan fingerprint density at radius 1 is 1.00 bits per heavy atom. The van der Waals surface area contributed by atoms with Gasteiger partial charge in [0.05, 0.1) is 0 Å². The van der Waals surface area contributed by atoms with E-state index < -0.39 is 0 Å². The summed E-state index contributed by atoms with van der Waals surface area (Å²) in [5.41, 5.74) is 4.35. The molecule has 0 aliphatic carbocycles. The zero-order valence-corrected chi connectivity index (χ0v) is 14.5. The van der Waals surface area contributed by atoms with E-state index in [-0.39, 0.29) is 11.9 Å². The van der Waals surface area contributed by atoms with E-state index in [0.717, 1.165) is 11.3 Å². The van der Waals surface area contributed by atoms with Gasteiger partial charge in [-0.15, -0.1) is 0 Å². The van der Waals surface area contributed by atoms with Crippen LogP contribution in [0.5, 0.6) is 0 Å². The van der Waals surface area contributed by atoms with E-state index in [9.17, 15) is 4.79 Å². The summed E-state index contributed by atoms with van der Waals surface area (Å²) < 4.78 is 0. The summed E-state index contributed by atoms with van der Waals surface area (Å²) in [4.78, 5) is 14.8. The highest BCUT2D eigenvalue weighted by Crippen LogP contribution is 2.23. The van der Waals surface area contributed by atoms with Gasteiger partial charge in [-0.1, -0.05) is 36.4 Å². The monoisotopic (exact) mass is 310 g/mol. The first-order valence-corrected chi connectivity index (χ1v) is 8.23. The number of aryl methyl sites for hydroxylation is 2. The number of hydrogen-bond acceptors (Lipinski definition) is 2. The minimum absolute atomic E-state index is 0.111. The highest BCUT2D eigenvalue weighted by atomic mass is 16.2. The van der Waals surface area contributed by atoms with Gasteiger partial charge in [0.2, 0.25) is 5.91 Å². The Morgan fingerprint density at radius 3 is 2.09 bits per heavy atom. The summed E-state index contributed by atoms with van der Waals surface area (Å²) in [6.07, 6.45) is 0. The molecule has 0 aliphatic rings. The van der Waals surface area contributed by atoms with E-state index in [1.165, 1.54) is 11.1 Å². The number of hydrogen-bond donors (Lipinski definition) is 1. The lowest BCUT2D eigenvalue weighted by Gasteiger charge is -2.27. The van der Waals surface area contributed by atoms with Crippen molar-refractivity contribution >= 4 is 11.6 Å². The smallest absolute Gasteiger partial charge is 0.249 e. The van der Waals surface area contributed by atoms with Gasteiger partial charge in [0.15, 0.2) is 0 Å². The second-order valence-corrected chi connectivity index (χ2v) is 5.87. The Morgan fingerprint density at radius 2 is 1.57 bits per heavy atom. The number of rotatable bonds is 6. The molecule has 2 aromatic rings. The highest BCUT2D eigenvalue weighted by molar-refractivity contribution is 5.86. The quantitative estimate of drug-likeness (QED) is 0.861. The fourth-order valence-corrected chi connectivity index (χ4v) is 2.88. The van der Waals surface area contributed by atoms with Crippen molar-refractivity contribution in [3.63, 3.8) is 0 Å². The number of anilines is 1. The van der Waals surface area contributed by atoms with Crippen molar-refractivity contribution in [2.75, 3.05) is 18.4 Å². The molecule has 0 aliphatic heterocycles. The Hall–Kier alpha value is -2.29. The van der Waals surface area contributed by atoms with E-state index in [1.54, 1.807) is 0 Å². The minimum Gasteiger partial charge on any atom is -0.370 e. The van der Waals surface area contributed by atoms with Gasteiger partial charge in [0, 0.05) is 18.8 Å². The van der Waals surface area contributed by atoms with Crippen molar-refractivity contribution in [2.45, 2.75) is 33.7 Å². The van der Waals surface area contributed by atoms with Crippen molar-refractivity contribution < 1.29 is 4.79 Å². The SMILES string of the molecule is CCN(CC)C(=O)C(Nc1cc(C)cc(C)c1)c1ccccc1. The molecule has 0 saturated carbocycles. The van der Waals surface area contributed by atoms with Crippen LogP contribution in [0.4, 0.5) is 5.69 Å². The summed E-state index contributed by atoms with van der Waals surface area (Å²) >= 11 is 0. The molecule has 0 aromatic heterocycles. The lowest BCUT2D eigenvalue weighted by molar-refractivity contribution is -0.131. The van der Waals surface area contributed by atoms with Crippen LogP contribution in [0.2, 0.25) is 0 Å². The standard InChI is InChI=1S/C20H26N2O/c1-5-22(6-2)20(23)19(17-10-8-7-9-11-17)21-18-13-15(3)12-16(4)14-18/h7-14,19,21H,5-6H2,1-4H3. The van der Waals surface area contributed by atoms with Gasteiger partial charge in [-0.05, 0) is 56.5 Å². The second-order valence-electron chi connectivity index (χ2n) is 5.87. The molecular formula is C20H26N2O. The maximum absolute atomic E-state index is 12.9. The van der Waals surface area contributed by atoms with Crippen LogP contribution in [0.25, 0.3) is 0 Å². The highest BCUT2D eigenvalue weighted by Gasteiger charge is 2.24. The number of likely N-dealkylation sites (N-methyl/N-ethyl adjacent to an activating group) is 1. The van der Waals surface area contributed by atoms with E-state index in [0.29, 0.717) is 13.1 Å². The predicted molar refractivity (Wildman–Crippen MR) is 96.6 cm³/mol. The average molecular weight is 310 g/mol. The Kier molecular flexibility index (Phi) is 5.80. The third-order valence-electron chi connectivity index (χ3n) is 3.99. The number of nitrogens with zero attached hydrogens (tertiary/aromatic N) is 1. The minimum atomic E-state index is -0.364. The zero-order valence-electron chi connectivity index (χ0n) is 14.5. The molecule has 3 nitrogen and oxygen atoms in total. The van der Waals surface area contributed by atoms with Crippen LogP contribution in [-0.4, -0.2) is 23.9 Å². The van der Waals surface area contributed by atoms with Crippen molar-refractivity contribution in [3.05, 3.63) is 65.2 Å². The van der Waals surface area contributed by atoms with Crippen LogP contribution in [-0.2, 0) is 4.79 Å². The molecular weight excluding hydrogens is 284 g/mol. The fraction of sp³-hybridized carbons (Fsp3) is 0.350. The Balaban J connectivity index is 2.35. The third kappa shape index (κ3) is 4.35. The molecule has 0 bridgehead atoms. The van der Waals surface area contributed by atoms with Crippen LogP contribution in [0.1, 0.15) is 36.6 Å². The van der Waals surface area contributed by atoms with Crippen LogP contribution in [0.15, 0.2) is 48.5 Å². The fourth-order valence-electron chi connectivity index (χ4n) is 2.88. The molecule has 2 rings (SSSR count). The number of benzene rings is 2. The first-order valence-electron chi connectivity index (χ1n) is 8.23. The van der Waals surface area contributed by atoms with Crippen molar-refractivity contribution in [2.24, 2.45) is 0 Å². The Labute approximate surface area is 139 Å². The molecule has 2 aromatic carbocycles. The average Bonchev–Trinajstić information content (AvgIpc) is 2.53. The third-order valence-corrected chi connectivity index (χ3v) is 3.99. The van der Waals surface area contributed by atoms with Gasteiger partial charge in [-0.25, -0.2) is 0 Å². The largest absolute Gasteiger partial charge is 0.370 e. The van der Waals surface area contributed by atoms with E-state index in [2.05, 4.69) is 37.4 Å². The summed E-state index contributed by atoms with van der Waals surface area (Å²) in [6, 6.07) is 15.9. The molecule has 0 saturated heterocycles. The normalized spacial score (nSPS) is 11.8. The van der Waals surface area contributed by atoms with Crippen LogP contribution >= 0.6 is 0 Å². The number of carbonyl (C=O) groups excluding carboxylic acids is 1. The lowest BCUT2D eigenvalue weighted by atomic mass is 10.0. The van der Waals surface area contributed by atoms with E-state index in [4.69, 9.17) is 0 Å². The molecule has 1 amide bonds. The van der Waals surface area contributed by atoms with Crippen LogP contribution in [0.3, 0.4) is 0 Å². The molecule has 0 fully saturated rings. The lowest BCUT2D eigenvalue weighted by Crippen LogP contribution is -2.37. The van der Waals surface area contributed by atoms with Gasteiger partial charge >= 0.3 is 0 Å². The molecule has 1 N–H and O–H groups in total. The molecule has 1 unspecified atom stereocenters. The van der Waals surface area contributed by atoms with Gasteiger partial charge in [-0.2, -0.15) is 0 Å². The molecule has 0 spiro atoms. The Bertz CT molecular complexity index is 628. The van der Waals surface area contributed by atoms with Crippen LogP contribution in [0, 0.1) is 13.8 Å². The number of carbonyl (C=O) groups is 1. The van der Waals surface area contributed by atoms with Gasteiger partial charge in [-0.3, -0.25) is 4.79 Å². The maximum atomic E-state index is 12.9. The van der Waals surface area contributed by atoms with Crippen molar-refractivity contribution in [3.8, 4) is 0 Å². The summed E-state index contributed by atoms with van der Waals surface area (Å²) in [7, 11) is 0. The van der Waals surface area contributed by atoms with Crippen molar-refractivity contribution in [1.82, 2.24) is 4.90 Å². The molecule has 122 valence electrons. The molecule has 3 heteroatoms. The summed E-state index contributed by atoms with van der Waals surface area (Å²) in [5.74, 6) is 0.111. The zero-order chi connectivity index (χ0) is 16.8. The second kappa shape index (κ2) is 7.82. The van der Waals surface area contributed by atoms with Gasteiger partial charge < -0.3 is 10.2 Å². The molecule has 0 radical (unpaired) electrons. The summed E-state index contributed by atoms with van der Waals surface area (Å²) in [6.45, 7) is 9.60. The molecule has 23 heavy (non-hydrogen) atoms. The topological polar surface area (TPSA) is 32.3 Å². The van der Waals surface area contributed by atoms with Crippen molar-refractivity contribution in [1.29, 1.82) is 0 Å². The van der Waals surface area contributed by atoms with E-state index >= 15 is 0 Å². The maximum Gasteiger partial charge on any atom is 0.249 e. The molecule has 1 atom stereocenters. The first kappa shape index (κ1) is 17.1. The predicted octanol–water partition coefficient (Wildman–Crippen LogP) is 4.33. The van der Waals surface area contributed by atoms with Gasteiger partial charge in [0.1, 0.15) is 6.04 Å². The van der Waals surface area contributed by atoms with Crippen LogP contribution < -0.4 is 5.32 Å². The summed E-state index contributed by atoms with van der Waals surface area (Å²) in [5, 5.41) is 3.43. The first-order chi connectivity index (χ1) is 11.0. The van der Waals surface area contributed by atoms with E-state index in [1.807, 2.05) is 49.1 Å². The molecule has 0 heterocycles. The number of amides is 1. The number of nitrogens with one attached hydrogen (secondary N) is 1.